The Balaban J connectivity index is 2.04. The van der Waals surface area contributed by atoms with Crippen molar-refractivity contribution in [3.8, 4) is 11.5 Å². The van der Waals surface area contributed by atoms with Crippen LogP contribution in [-0.4, -0.2) is 5.11 Å². The number of benzene rings is 2. The molecular weight excluding hydrogens is 243 g/mol. The molecule has 2 aromatic carbocycles. The summed E-state index contributed by atoms with van der Waals surface area (Å²) in [4.78, 5) is 0. The predicted octanol–water partition coefficient (Wildman–Crippen LogP) is 3.76. The van der Waals surface area contributed by atoms with Crippen LogP contribution in [0.2, 0.25) is 5.02 Å². The van der Waals surface area contributed by atoms with Gasteiger partial charge >= 0.3 is 0 Å². The van der Waals surface area contributed by atoms with E-state index in [2.05, 4.69) is 0 Å². The lowest BCUT2D eigenvalue weighted by molar-refractivity contribution is 0.298. The molecule has 0 aliphatic carbocycles. The van der Waals surface area contributed by atoms with Crippen molar-refractivity contribution in [1.82, 2.24) is 0 Å². The Labute approximate surface area is 103 Å². The van der Waals surface area contributed by atoms with Gasteiger partial charge in [0.15, 0.2) is 0 Å². The molecule has 88 valence electrons. The van der Waals surface area contributed by atoms with Gasteiger partial charge in [0, 0.05) is 10.6 Å². The zero-order valence-corrected chi connectivity index (χ0v) is 9.62. The van der Waals surface area contributed by atoms with Gasteiger partial charge in [-0.1, -0.05) is 17.7 Å². The molecule has 0 spiro atoms. The van der Waals surface area contributed by atoms with Crippen LogP contribution in [0.15, 0.2) is 42.5 Å². The molecule has 0 unspecified atom stereocenters. The molecule has 1 N–H and O–H groups in total. The maximum atomic E-state index is 12.6. The molecule has 17 heavy (non-hydrogen) atoms. The third kappa shape index (κ3) is 3.11. The molecule has 0 aliphatic heterocycles. The van der Waals surface area contributed by atoms with E-state index in [-0.39, 0.29) is 18.2 Å². The van der Waals surface area contributed by atoms with Gasteiger partial charge in [0.2, 0.25) is 0 Å². The molecular formula is C13H10ClFO2. The number of aromatic hydroxyl groups is 1. The quantitative estimate of drug-likeness (QED) is 0.901. The van der Waals surface area contributed by atoms with E-state index in [0.29, 0.717) is 16.3 Å². The molecule has 2 aromatic rings. The number of hydrogen-bond donors (Lipinski definition) is 1. The SMILES string of the molecule is Oc1cc(Cl)ccc1COc1ccc(F)cc1. The molecule has 2 nitrogen and oxygen atoms in total. The summed E-state index contributed by atoms with van der Waals surface area (Å²) in [6.07, 6.45) is 0. The molecule has 0 aromatic heterocycles. The number of phenolic OH excluding ortho intramolecular Hbond substituents is 1. The Kier molecular flexibility index (Phi) is 3.49. The molecule has 0 saturated carbocycles. The van der Waals surface area contributed by atoms with E-state index in [1.54, 1.807) is 12.1 Å². The first kappa shape index (κ1) is 11.7. The Bertz CT molecular complexity index is 511. The average molecular weight is 253 g/mol. The highest BCUT2D eigenvalue weighted by Gasteiger charge is 2.03. The fraction of sp³-hybridized carbons (Fsp3) is 0.0769. The van der Waals surface area contributed by atoms with Crippen molar-refractivity contribution in [3.63, 3.8) is 0 Å². The Morgan fingerprint density at radius 2 is 1.82 bits per heavy atom. The molecule has 0 radical (unpaired) electrons. The summed E-state index contributed by atoms with van der Waals surface area (Å²) >= 11 is 5.71. The van der Waals surface area contributed by atoms with Crippen LogP contribution in [0.3, 0.4) is 0 Å². The molecule has 0 aliphatic rings. The normalized spacial score (nSPS) is 10.2. The first-order valence-electron chi connectivity index (χ1n) is 5.01. The minimum Gasteiger partial charge on any atom is -0.507 e. The number of rotatable bonds is 3. The summed E-state index contributed by atoms with van der Waals surface area (Å²) in [5, 5.41) is 10.1. The van der Waals surface area contributed by atoms with E-state index >= 15 is 0 Å². The minimum atomic E-state index is -0.313. The van der Waals surface area contributed by atoms with Crippen molar-refractivity contribution in [3.05, 3.63) is 58.9 Å². The maximum absolute atomic E-state index is 12.6. The van der Waals surface area contributed by atoms with Gasteiger partial charge in [0.05, 0.1) is 0 Å². The van der Waals surface area contributed by atoms with Crippen molar-refractivity contribution >= 4 is 11.6 Å². The molecule has 0 atom stereocenters. The highest BCUT2D eigenvalue weighted by molar-refractivity contribution is 6.30. The van der Waals surface area contributed by atoms with Gasteiger partial charge in [-0.3, -0.25) is 0 Å². The fourth-order valence-corrected chi connectivity index (χ4v) is 1.52. The second-order valence-electron chi connectivity index (χ2n) is 3.52. The third-order valence-corrected chi connectivity index (χ3v) is 2.49. The van der Waals surface area contributed by atoms with Crippen LogP contribution in [0, 0.1) is 5.82 Å². The van der Waals surface area contributed by atoms with Crippen molar-refractivity contribution in [1.29, 1.82) is 0 Å². The zero-order chi connectivity index (χ0) is 12.3. The lowest BCUT2D eigenvalue weighted by atomic mass is 10.2. The van der Waals surface area contributed by atoms with Crippen molar-refractivity contribution < 1.29 is 14.2 Å². The molecule has 0 amide bonds. The Morgan fingerprint density at radius 1 is 1.12 bits per heavy atom. The van der Waals surface area contributed by atoms with Crippen molar-refractivity contribution in [2.24, 2.45) is 0 Å². The van der Waals surface area contributed by atoms with Gasteiger partial charge in [0.1, 0.15) is 23.9 Å². The maximum Gasteiger partial charge on any atom is 0.123 e. The van der Waals surface area contributed by atoms with Gasteiger partial charge in [-0.2, -0.15) is 0 Å². The van der Waals surface area contributed by atoms with Crippen LogP contribution in [0.5, 0.6) is 11.5 Å². The Hall–Kier alpha value is -1.74. The second kappa shape index (κ2) is 5.06. The highest BCUT2D eigenvalue weighted by Crippen LogP contribution is 2.23. The largest absolute Gasteiger partial charge is 0.507 e. The first-order chi connectivity index (χ1) is 8.15. The van der Waals surface area contributed by atoms with E-state index in [1.807, 2.05) is 0 Å². The van der Waals surface area contributed by atoms with Gasteiger partial charge in [0.25, 0.3) is 0 Å². The minimum absolute atomic E-state index is 0.0830. The lowest BCUT2D eigenvalue weighted by Crippen LogP contribution is -1.95. The Morgan fingerprint density at radius 3 is 2.47 bits per heavy atom. The van der Waals surface area contributed by atoms with Gasteiger partial charge in [-0.25, -0.2) is 4.39 Å². The molecule has 0 heterocycles. The van der Waals surface area contributed by atoms with Crippen LogP contribution in [-0.2, 0) is 6.61 Å². The molecule has 0 saturated heterocycles. The van der Waals surface area contributed by atoms with E-state index in [9.17, 15) is 9.50 Å². The number of ether oxygens (including phenoxy) is 1. The number of halogens is 2. The van der Waals surface area contributed by atoms with Crippen LogP contribution >= 0.6 is 11.6 Å². The molecule has 2 rings (SSSR count). The summed E-state index contributed by atoms with van der Waals surface area (Å²) < 4.78 is 18.0. The van der Waals surface area contributed by atoms with Crippen molar-refractivity contribution in [2.45, 2.75) is 6.61 Å². The summed E-state index contributed by atoms with van der Waals surface area (Å²) in [6.45, 7) is 0.203. The highest BCUT2D eigenvalue weighted by atomic mass is 35.5. The van der Waals surface area contributed by atoms with E-state index in [4.69, 9.17) is 16.3 Å². The van der Waals surface area contributed by atoms with Gasteiger partial charge in [-0.15, -0.1) is 0 Å². The topological polar surface area (TPSA) is 29.5 Å². The van der Waals surface area contributed by atoms with Crippen LogP contribution in [0.4, 0.5) is 4.39 Å². The molecule has 4 heteroatoms. The van der Waals surface area contributed by atoms with Crippen molar-refractivity contribution in [2.75, 3.05) is 0 Å². The number of hydrogen-bond acceptors (Lipinski definition) is 2. The first-order valence-corrected chi connectivity index (χ1v) is 5.39. The van der Waals surface area contributed by atoms with Crippen LogP contribution < -0.4 is 4.74 Å². The van der Waals surface area contributed by atoms with Crippen LogP contribution in [0.1, 0.15) is 5.56 Å². The third-order valence-electron chi connectivity index (χ3n) is 2.26. The summed E-state index contributed by atoms with van der Waals surface area (Å²) in [5.41, 5.74) is 0.624. The standard InChI is InChI=1S/C13H10ClFO2/c14-10-2-1-9(13(16)7-10)8-17-12-5-3-11(15)4-6-12/h1-7,16H,8H2. The zero-order valence-electron chi connectivity index (χ0n) is 8.86. The van der Waals surface area contributed by atoms with Crippen LogP contribution in [0.25, 0.3) is 0 Å². The van der Waals surface area contributed by atoms with E-state index < -0.39 is 0 Å². The van der Waals surface area contributed by atoms with Gasteiger partial charge < -0.3 is 9.84 Å². The van der Waals surface area contributed by atoms with E-state index in [0.717, 1.165) is 0 Å². The smallest absolute Gasteiger partial charge is 0.123 e. The molecule has 0 bridgehead atoms. The fourth-order valence-electron chi connectivity index (χ4n) is 1.35. The van der Waals surface area contributed by atoms with E-state index in [1.165, 1.54) is 30.3 Å². The average Bonchev–Trinajstić information content (AvgIpc) is 2.30. The second-order valence-corrected chi connectivity index (χ2v) is 3.95. The lowest BCUT2D eigenvalue weighted by Gasteiger charge is -2.07. The summed E-state index contributed by atoms with van der Waals surface area (Å²) in [7, 11) is 0. The molecule has 0 fully saturated rings. The summed E-state index contributed by atoms with van der Waals surface area (Å²) in [6, 6.07) is 10.5. The van der Waals surface area contributed by atoms with Gasteiger partial charge in [-0.05, 0) is 36.4 Å². The number of phenols is 1. The monoisotopic (exact) mass is 252 g/mol. The summed E-state index contributed by atoms with van der Waals surface area (Å²) in [5.74, 6) is 0.312. The predicted molar refractivity (Wildman–Crippen MR) is 63.8 cm³/mol.